The summed E-state index contributed by atoms with van der Waals surface area (Å²) in [5.74, 6) is 0.0812. The third-order valence-corrected chi connectivity index (χ3v) is 2.67. The number of carbonyl (C=O) groups is 1. The maximum Gasteiger partial charge on any atom is 0.237 e. The fraction of sp³-hybridized carbons (Fsp3) is 0.800. The zero-order chi connectivity index (χ0) is 12.1. The van der Waals surface area contributed by atoms with Crippen molar-refractivity contribution in [3.05, 3.63) is 0 Å². The lowest BCUT2D eigenvalue weighted by Crippen LogP contribution is -2.45. The van der Waals surface area contributed by atoms with Crippen LogP contribution in [-0.4, -0.2) is 35.6 Å². The SMILES string of the molecule is CC(CNC(C)C(=O)NC1CC1)C(N)=NO. The van der Waals surface area contributed by atoms with Crippen molar-refractivity contribution < 1.29 is 10.0 Å². The van der Waals surface area contributed by atoms with E-state index in [4.69, 9.17) is 10.9 Å². The lowest BCUT2D eigenvalue weighted by atomic mass is 10.1. The zero-order valence-corrected chi connectivity index (χ0v) is 9.73. The van der Waals surface area contributed by atoms with Gasteiger partial charge in [0.2, 0.25) is 5.91 Å². The second-order valence-electron chi connectivity index (χ2n) is 4.34. The molecule has 0 aromatic heterocycles. The minimum atomic E-state index is -0.255. The smallest absolute Gasteiger partial charge is 0.237 e. The van der Waals surface area contributed by atoms with Crippen LogP contribution in [0.25, 0.3) is 0 Å². The van der Waals surface area contributed by atoms with E-state index in [1.165, 1.54) is 0 Å². The molecule has 0 bridgehead atoms. The van der Waals surface area contributed by atoms with Crippen molar-refractivity contribution in [3.63, 3.8) is 0 Å². The fourth-order valence-electron chi connectivity index (χ4n) is 1.20. The number of amidine groups is 1. The molecule has 0 heterocycles. The third kappa shape index (κ3) is 4.06. The van der Waals surface area contributed by atoms with E-state index < -0.39 is 0 Å². The maximum atomic E-state index is 11.6. The Labute approximate surface area is 95.3 Å². The first-order valence-electron chi connectivity index (χ1n) is 5.55. The molecule has 16 heavy (non-hydrogen) atoms. The minimum Gasteiger partial charge on any atom is -0.409 e. The summed E-state index contributed by atoms with van der Waals surface area (Å²) in [6.45, 7) is 4.14. The Morgan fingerprint density at radius 2 is 2.19 bits per heavy atom. The van der Waals surface area contributed by atoms with Crippen LogP contribution in [0.2, 0.25) is 0 Å². The number of carbonyl (C=O) groups excluding carboxylic acids is 1. The first-order valence-corrected chi connectivity index (χ1v) is 5.55. The maximum absolute atomic E-state index is 11.6. The highest BCUT2D eigenvalue weighted by molar-refractivity contribution is 5.83. The van der Waals surface area contributed by atoms with E-state index in [0.29, 0.717) is 12.6 Å². The molecule has 2 unspecified atom stereocenters. The number of nitrogens with two attached hydrogens (primary N) is 1. The molecule has 92 valence electrons. The molecule has 0 aromatic rings. The van der Waals surface area contributed by atoms with E-state index in [0.717, 1.165) is 12.8 Å². The number of nitrogens with one attached hydrogen (secondary N) is 2. The first-order chi connectivity index (χ1) is 7.54. The average Bonchev–Trinajstić information content (AvgIpc) is 3.07. The topological polar surface area (TPSA) is 99.7 Å². The summed E-state index contributed by atoms with van der Waals surface area (Å²) in [5.41, 5.74) is 5.43. The van der Waals surface area contributed by atoms with Crippen LogP contribution in [-0.2, 0) is 4.79 Å². The molecular formula is C10H20N4O2. The third-order valence-electron chi connectivity index (χ3n) is 2.67. The second-order valence-corrected chi connectivity index (χ2v) is 4.34. The van der Waals surface area contributed by atoms with Crippen molar-refractivity contribution in [2.24, 2.45) is 16.8 Å². The van der Waals surface area contributed by atoms with Crippen molar-refractivity contribution in [3.8, 4) is 0 Å². The first kappa shape index (κ1) is 12.8. The highest BCUT2D eigenvalue weighted by Crippen LogP contribution is 2.18. The molecule has 0 aromatic carbocycles. The Hall–Kier alpha value is -1.30. The lowest BCUT2D eigenvalue weighted by molar-refractivity contribution is -0.122. The van der Waals surface area contributed by atoms with Gasteiger partial charge in [-0.25, -0.2) is 0 Å². The van der Waals surface area contributed by atoms with E-state index in [2.05, 4.69) is 15.8 Å². The summed E-state index contributed by atoms with van der Waals surface area (Å²) >= 11 is 0. The predicted octanol–water partition coefficient (Wildman–Crippen LogP) is -0.374. The Balaban J connectivity index is 2.22. The van der Waals surface area contributed by atoms with Crippen LogP contribution < -0.4 is 16.4 Å². The summed E-state index contributed by atoms with van der Waals surface area (Å²) in [6, 6.07) is 0.118. The lowest BCUT2D eigenvalue weighted by Gasteiger charge is -2.16. The van der Waals surface area contributed by atoms with Crippen LogP contribution in [0.15, 0.2) is 5.16 Å². The van der Waals surface area contributed by atoms with Crippen molar-refractivity contribution >= 4 is 11.7 Å². The number of hydrogen-bond acceptors (Lipinski definition) is 4. The van der Waals surface area contributed by atoms with Crippen LogP contribution in [0, 0.1) is 5.92 Å². The van der Waals surface area contributed by atoms with Crippen molar-refractivity contribution in [2.45, 2.75) is 38.8 Å². The van der Waals surface area contributed by atoms with Crippen molar-refractivity contribution in [1.29, 1.82) is 0 Å². The predicted molar refractivity (Wildman–Crippen MR) is 61.2 cm³/mol. The molecule has 0 saturated heterocycles. The summed E-state index contributed by atoms with van der Waals surface area (Å²) in [4.78, 5) is 11.6. The van der Waals surface area contributed by atoms with Gasteiger partial charge in [0, 0.05) is 18.5 Å². The largest absolute Gasteiger partial charge is 0.409 e. The molecule has 6 nitrogen and oxygen atoms in total. The molecule has 0 radical (unpaired) electrons. The van der Waals surface area contributed by atoms with Crippen molar-refractivity contribution in [1.82, 2.24) is 10.6 Å². The number of hydrogen-bond donors (Lipinski definition) is 4. The Morgan fingerprint density at radius 1 is 1.56 bits per heavy atom. The quantitative estimate of drug-likeness (QED) is 0.215. The standard InChI is InChI=1S/C10H20N4O2/c1-6(9(11)14-16)5-12-7(2)10(15)13-8-3-4-8/h6-8,12,16H,3-5H2,1-2H3,(H2,11,14)(H,13,15). The van der Waals surface area contributed by atoms with Crippen LogP contribution in [0.1, 0.15) is 26.7 Å². The molecule has 1 fully saturated rings. The molecule has 2 atom stereocenters. The molecule has 0 aliphatic heterocycles. The van der Waals surface area contributed by atoms with Gasteiger partial charge in [-0.1, -0.05) is 12.1 Å². The van der Waals surface area contributed by atoms with E-state index >= 15 is 0 Å². The fourth-order valence-corrected chi connectivity index (χ4v) is 1.20. The van der Waals surface area contributed by atoms with E-state index in [-0.39, 0.29) is 23.7 Å². The summed E-state index contributed by atoms with van der Waals surface area (Å²) in [7, 11) is 0. The summed E-state index contributed by atoms with van der Waals surface area (Å²) in [6.07, 6.45) is 2.16. The van der Waals surface area contributed by atoms with E-state index in [1.807, 2.05) is 6.92 Å². The van der Waals surface area contributed by atoms with Crippen LogP contribution in [0.5, 0.6) is 0 Å². The molecular weight excluding hydrogens is 208 g/mol. The number of oxime groups is 1. The van der Waals surface area contributed by atoms with Crippen LogP contribution in [0.3, 0.4) is 0 Å². The van der Waals surface area contributed by atoms with Gasteiger partial charge in [-0.3, -0.25) is 4.79 Å². The second kappa shape index (κ2) is 5.69. The van der Waals surface area contributed by atoms with Crippen LogP contribution >= 0.6 is 0 Å². The van der Waals surface area contributed by atoms with Gasteiger partial charge in [0.25, 0.3) is 0 Å². The average molecular weight is 228 g/mol. The summed E-state index contributed by atoms with van der Waals surface area (Å²) in [5, 5.41) is 17.3. The van der Waals surface area contributed by atoms with Gasteiger partial charge in [-0.05, 0) is 19.8 Å². The molecule has 1 amide bonds. The van der Waals surface area contributed by atoms with Gasteiger partial charge in [0.05, 0.1) is 6.04 Å². The van der Waals surface area contributed by atoms with Gasteiger partial charge < -0.3 is 21.6 Å². The Kier molecular flexibility index (Phi) is 4.54. The number of rotatable bonds is 6. The highest BCUT2D eigenvalue weighted by Gasteiger charge is 2.25. The number of amides is 1. The Bertz CT molecular complexity index is 276. The molecule has 1 saturated carbocycles. The van der Waals surface area contributed by atoms with Gasteiger partial charge >= 0.3 is 0 Å². The summed E-state index contributed by atoms with van der Waals surface area (Å²) < 4.78 is 0. The van der Waals surface area contributed by atoms with E-state index in [9.17, 15) is 4.79 Å². The molecule has 0 spiro atoms. The highest BCUT2D eigenvalue weighted by atomic mass is 16.4. The molecule has 1 rings (SSSR count). The zero-order valence-electron chi connectivity index (χ0n) is 9.73. The molecule has 1 aliphatic carbocycles. The molecule has 5 N–H and O–H groups in total. The van der Waals surface area contributed by atoms with Gasteiger partial charge in [-0.2, -0.15) is 0 Å². The Morgan fingerprint density at radius 3 is 2.69 bits per heavy atom. The molecule has 6 heteroatoms. The van der Waals surface area contributed by atoms with E-state index in [1.54, 1.807) is 6.92 Å². The number of nitrogens with zero attached hydrogens (tertiary/aromatic N) is 1. The minimum absolute atomic E-state index is 0.00853. The van der Waals surface area contributed by atoms with Gasteiger partial charge in [0.1, 0.15) is 5.84 Å². The van der Waals surface area contributed by atoms with Gasteiger partial charge in [-0.15, -0.1) is 0 Å². The normalized spacial score (nSPS) is 20.2. The van der Waals surface area contributed by atoms with Crippen LogP contribution in [0.4, 0.5) is 0 Å². The van der Waals surface area contributed by atoms with Crippen molar-refractivity contribution in [2.75, 3.05) is 6.54 Å². The van der Waals surface area contributed by atoms with Gasteiger partial charge in [0.15, 0.2) is 0 Å². The molecule has 1 aliphatic rings. The monoisotopic (exact) mass is 228 g/mol.